The van der Waals surface area contributed by atoms with Crippen LogP contribution in [0, 0.1) is 6.92 Å². The number of carbonyl (C=O) groups is 2. The minimum absolute atomic E-state index is 0.0315. The van der Waals surface area contributed by atoms with Crippen LogP contribution in [-0.4, -0.2) is 93.1 Å². The fourth-order valence-electron chi connectivity index (χ4n) is 3.48. The summed E-state index contributed by atoms with van der Waals surface area (Å²) in [6.07, 6.45) is 0.327. The van der Waals surface area contributed by atoms with Crippen LogP contribution in [0.2, 0.25) is 0 Å². The molecular formula is C24H37N5O7S. The number of aromatic nitrogens is 1. The highest BCUT2D eigenvalue weighted by atomic mass is 32.2. The largest absolute Gasteiger partial charge is 0.444 e. The van der Waals surface area contributed by atoms with Gasteiger partial charge in [0.25, 0.3) is 6.01 Å². The Morgan fingerprint density at radius 3 is 2.38 bits per heavy atom. The summed E-state index contributed by atoms with van der Waals surface area (Å²) in [6.45, 7) is 7.88. The Hall–Kier alpha value is -3.19. The summed E-state index contributed by atoms with van der Waals surface area (Å²) in [4.78, 5) is 45.2. The van der Waals surface area contributed by atoms with Crippen molar-refractivity contribution in [3.8, 4) is 0 Å². The standard InChI is InChI=1S/C24H37N5O7S/c1-15-16(27-23(32)36-24(2,3)4)9-10-17-19(15)21(31)35-22(26-17)25-12-11-18(37(8,33)34)20(30)29(7)14-13-28(5)6/h9-10,18H,11-14H2,1-8H3,(H,25,26)(H,27,32). The number of sulfone groups is 1. The third kappa shape index (κ3) is 8.71. The van der Waals surface area contributed by atoms with E-state index in [-0.39, 0.29) is 24.4 Å². The summed E-state index contributed by atoms with van der Waals surface area (Å²) in [6, 6.07) is 3.05. The SMILES string of the molecule is Cc1c(NC(=O)OC(C)(C)C)ccc2nc(NCCC(C(=O)N(C)CCN(C)C)S(C)(=O)=O)oc(=O)c12. The zero-order chi connectivity index (χ0) is 28.1. The molecule has 0 saturated heterocycles. The molecule has 13 heteroatoms. The van der Waals surface area contributed by atoms with Gasteiger partial charge in [-0.1, -0.05) is 0 Å². The molecule has 1 heterocycles. The number of nitrogens with one attached hydrogen (secondary N) is 2. The van der Waals surface area contributed by atoms with Crippen molar-refractivity contribution in [3.63, 3.8) is 0 Å². The van der Waals surface area contributed by atoms with Crippen LogP contribution in [0.15, 0.2) is 21.3 Å². The number of nitrogens with zero attached hydrogens (tertiary/aromatic N) is 3. The van der Waals surface area contributed by atoms with Crippen LogP contribution in [-0.2, 0) is 19.4 Å². The number of fused-ring (bicyclic) bond motifs is 1. The predicted octanol–water partition coefficient (Wildman–Crippen LogP) is 2.08. The normalized spacial score (nSPS) is 12.9. The molecule has 0 radical (unpaired) electrons. The second-order valence-electron chi connectivity index (χ2n) is 10.2. The van der Waals surface area contributed by atoms with Gasteiger partial charge in [-0.05, 0) is 65.9 Å². The Kier molecular flexibility index (Phi) is 9.66. The van der Waals surface area contributed by atoms with Gasteiger partial charge in [0.05, 0.1) is 10.9 Å². The van der Waals surface area contributed by atoms with Crippen molar-refractivity contribution in [1.82, 2.24) is 14.8 Å². The average molecular weight is 540 g/mol. The van der Waals surface area contributed by atoms with Crippen LogP contribution in [0.25, 0.3) is 10.9 Å². The van der Waals surface area contributed by atoms with Crippen molar-refractivity contribution in [1.29, 1.82) is 0 Å². The lowest BCUT2D eigenvalue weighted by Crippen LogP contribution is -2.43. The summed E-state index contributed by atoms with van der Waals surface area (Å²) >= 11 is 0. The van der Waals surface area contributed by atoms with E-state index in [1.165, 1.54) is 4.90 Å². The summed E-state index contributed by atoms with van der Waals surface area (Å²) in [5.41, 5.74) is -0.204. The Morgan fingerprint density at radius 2 is 1.81 bits per heavy atom. The first-order valence-corrected chi connectivity index (χ1v) is 13.7. The number of hydrogen-bond donors (Lipinski definition) is 2. The molecule has 2 N–H and O–H groups in total. The van der Waals surface area contributed by atoms with E-state index in [1.807, 2.05) is 19.0 Å². The lowest BCUT2D eigenvalue weighted by Gasteiger charge is -2.24. The molecule has 1 aromatic heterocycles. The molecule has 37 heavy (non-hydrogen) atoms. The van der Waals surface area contributed by atoms with Crippen LogP contribution < -0.4 is 16.3 Å². The first kappa shape index (κ1) is 30.0. The van der Waals surface area contributed by atoms with E-state index in [0.29, 0.717) is 29.9 Å². The first-order valence-electron chi connectivity index (χ1n) is 11.8. The number of amides is 2. The zero-order valence-electron chi connectivity index (χ0n) is 22.7. The molecule has 1 aromatic carbocycles. The molecule has 0 bridgehead atoms. The van der Waals surface area contributed by atoms with Gasteiger partial charge in [0.1, 0.15) is 10.9 Å². The van der Waals surface area contributed by atoms with Crippen LogP contribution in [0.3, 0.4) is 0 Å². The Balaban J connectivity index is 2.16. The van der Waals surface area contributed by atoms with Crippen molar-refractivity contribution >= 4 is 44.4 Å². The average Bonchev–Trinajstić information content (AvgIpc) is 2.74. The number of benzene rings is 1. The van der Waals surface area contributed by atoms with Crippen LogP contribution >= 0.6 is 0 Å². The van der Waals surface area contributed by atoms with Crippen LogP contribution in [0.5, 0.6) is 0 Å². The first-order chi connectivity index (χ1) is 17.0. The van der Waals surface area contributed by atoms with Crippen molar-refractivity contribution < 1.29 is 27.2 Å². The summed E-state index contributed by atoms with van der Waals surface area (Å²) < 4.78 is 35.1. The molecule has 2 amide bonds. The van der Waals surface area contributed by atoms with Gasteiger partial charge in [-0.2, -0.15) is 4.98 Å². The van der Waals surface area contributed by atoms with Gasteiger partial charge >= 0.3 is 11.7 Å². The fraction of sp³-hybridized carbons (Fsp3) is 0.583. The molecule has 1 unspecified atom stereocenters. The van der Waals surface area contributed by atoms with Crippen molar-refractivity contribution in [3.05, 3.63) is 28.1 Å². The topological polar surface area (TPSA) is 151 Å². The maximum atomic E-state index is 12.8. The maximum absolute atomic E-state index is 12.8. The van der Waals surface area contributed by atoms with Gasteiger partial charge in [0.15, 0.2) is 9.84 Å². The third-order valence-electron chi connectivity index (χ3n) is 5.43. The number of hydrogen-bond acceptors (Lipinski definition) is 10. The summed E-state index contributed by atoms with van der Waals surface area (Å²) in [5, 5.41) is 4.36. The second-order valence-corrected chi connectivity index (χ2v) is 12.4. The molecular weight excluding hydrogens is 502 g/mol. The number of likely N-dealkylation sites (N-methyl/N-ethyl adjacent to an activating group) is 2. The van der Waals surface area contributed by atoms with E-state index in [9.17, 15) is 22.8 Å². The number of aryl methyl sites for hydroxylation is 1. The van der Waals surface area contributed by atoms with E-state index in [2.05, 4.69) is 15.6 Å². The fourth-order valence-corrected chi connectivity index (χ4v) is 4.57. The minimum Gasteiger partial charge on any atom is -0.444 e. The molecule has 0 spiro atoms. The van der Waals surface area contributed by atoms with Gasteiger partial charge in [0, 0.05) is 38.6 Å². The van der Waals surface area contributed by atoms with Gasteiger partial charge in [-0.15, -0.1) is 0 Å². The minimum atomic E-state index is -3.68. The molecule has 1 atom stereocenters. The van der Waals surface area contributed by atoms with E-state index in [1.54, 1.807) is 46.9 Å². The smallest absolute Gasteiger partial charge is 0.412 e. The number of ether oxygens (including phenoxy) is 1. The zero-order valence-corrected chi connectivity index (χ0v) is 23.5. The molecule has 2 aromatic rings. The summed E-state index contributed by atoms with van der Waals surface area (Å²) in [7, 11) is 1.61. The third-order valence-corrected chi connectivity index (χ3v) is 6.90. The van der Waals surface area contributed by atoms with Crippen molar-refractivity contribution in [2.45, 2.75) is 45.0 Å². The van der Waals surface area contributed by atoms with Crippen molar-refractivity contribution in [2.75, 3.05) is 57.7 Å². The van der Waals surface area contributed by atoms with Gasteiger partial charge in [0.2, 0.25) is 5.91 Å². The summed E-state index contributed by atoms with van der Waals surface area (Å²) in [5.74, 6) is -0.500. The van der Waals surface area contributed by atoms with Gasteiger partial charge < -0.3 is 24.3 Å². The number of anilines is 2. The molecule has 0 aliphatic rings. The highest BCUT2D eigenvalue weighted by Crippen LogP contribution is 2.24. The van der Waals surface area contributed by atoms with Crippen LogP contribution in [0.4, 0.5) is 16.5 Å². The lowest BCUT2D eigenvalue weighted by atomic mass is 10.1. The Bertz CT molecular complexity index is 1300. The quantitative estimate of drug-likeness (QED) is 0.459. The maximum Gasteiger partial charge on any atom is 0.412 e. The molecule has 12 nitrogen and oxygen atoms in total. The second kappa shape index (κ2) is 11.9. The van der Waals surface area contributed by atoms with E-state index in [0.717, 1.165) is 6.26 Å². The van der Waals surface area contributed by atoms with Gasteiger partial charge in [-0.25, -0.2) is 18.0 Å². The van der Waals surface area contributed by atoms with Gasteiger partial charge in [-0.3, -0.25) is 10.1 Å². The highest BCUT2D eigenvalue weighted by Gasteiger charge is 2.31. The van der Waals surface area contributed by atoms with E-state index >= 15 is 0 Å². The lowest BCUT2D eigenvalue weighted by molar-refractivity contribution is -0.129. The molecule has 0 aliphatic heterocycles. The number of rotatable bonds is 10. The predicted molar refractivity (Wildman–Crippen MR) is 143 cm³/mol. The monoisotopic (exact) mass is 539 g/mol. The molecule has 2 rings (SSSR count). The van der Waals surface area contributed by atoms with Crippen LogP contribution in [0.1, 0.15) is 32.8 Å². The number of carbonyl (C=O) groups excluding carboxylic acids is 2. The van der Waals surface area contributed by atoms with Crippen molar-refractivity contribution in [2.24, 2.45) is 0 Å². The highest BCUT2D eigenvalue weighted by molar-refractivity contribution is 7.92. The van der Waals surface area contributed by atoms with E-state index < -0.39 is 38.3 Å². The van der Waals surface area contributed by atoms with E-state index in [4.69, 9.17) is 9.15 Å². The molecule has 206 valence electrons. The molecule has 0 fully saturated rings. The molecule has 0 saturated carbocycles. The molecule has 0 aliphatic carbocycles. The Morgan fingerprint density at radius 1 is 1.16 bits per heavy atom. The Labute approximate surface area is 217 Å².